The van der Waals surface area contributed by atoms with Crippen LogP contribution >= 0.6 is 22.6 Å². The lowest BCUT2D eigenvalue weighted by Gasteiger charge is -2.05. The van der Waals surface area contributed by atoms with Crippen LogP contribution in [-0.4, -0.2) is 15.8 Å². The molecule has 0 aliphatic rings. The third-order valence-corrected chi connectivity index (χ3v) is 4.47. The molecule has 2 rings (SSSR count). The van der Waals surface area contributed by atoms with Gasteiger partial charge in [-0.25, -0.2) is 0 Å². The second kappa shape index (κ2) is 5.23. The predicted octanol–water partition coefficient (Wildman–Crippen LogP) is 3.26. The third-order valence-electron chi connectivity index (χ3n) is 3.10. The van der Waals surface area contributed by atoms with Crippen molar-refractivity contribution < 1.29 is 5.11 Å². The van der Waals surface area contributed by atoms with Gasteiger partial charge in [-0.2, -0.15) is 0 Å². The first-order valence-corrected chi connectivity index (χ1v) is 6.75. The Hall–Kier alpha value is -0.810. The van der Waals surface area contributed by atoms with Gasteiger partial charge in [0.1, 0.15) is 0 Å². The highest BCUT2D eigenvalue weighted by Crippen LogP contribution is 2.27. The summed E-state index contributed by atoms with van der Waals surface area (Å²) >= 11 is 2.37. The van der Waals surface area contributed by atoms with Crippen molar-refractivity contribution >= 4 is 33.5 Å². The van der Waals surface area contributed by atoms with E-state index in [1.165, 1.54) is 20.2 Å². The van der Waals surface area contributed by atoms with E-state index in [9.17, 15) is 5.11 Å². The molecule has 0 saturated carbocycles. The van der Waals surface area contributed by atoms with Crippen LogP contribution in [0.15, 0.2) is 36.9 Å². The minimum absolute atomic E-state index is 0.412. The summed E-state index contributed by atoms with van der Waals surface area (Å²) in [4.78, 5) is 0. The molecule has 3 heteroatoms. The number of hydrogen-bond donors (Lipinski definition) is 1. The van der Waals surface area contributed by atoms with Crippen molar-refractivity contribution in [3.05, 3.63) is 46.2 Å². The van der Waals surface area contributed by atoms with Crippen molar-refractivity contribution in [3.8, 4) is 0 Å². The van der Waals surface area contributed by atoms with Crippen LogP contribution in [0, 0.1) is 3.70 Å². The molecule has 1 unspecified atom stereocenters. The lowest BCUT2D eigenvalue weighted by atomic mass is 10.1. The van der Waals surface area contributed by atoms with E-state index in [0.29, 0.717) is 0 Å². The zero-order chi connectivity index (χ0) is 12.4. The fourth-order valence-electron chi connectivity index (χ4n) is 2.09. The van der Waals surface area contributed by atoms with Crippen LogP contribution < -0.4 is 0 Å². The van der Waals surface area contributed by atoms with Crippen molar-refractivity contribution in [2.24, 2.45) is 7.05 Å². The van der Waals surface area contributed by atoms with Gasteiger partial charge < -0.3 is 9.67 Å². The van der Waals surface area contributed by atoms with Gasteiger partial charge in [0.25, 0.3) is 0 Å². The fourth-order valence-corrected chi connectivity index (χ4v) is 2.91. The Kier molecular flexibility index (Phi) is 3.89. The first-order valence-electron chi connectivity index (χ1n) is 5.67. The topological polar surface area (TPSA) is 25.2 Å². The van der Waals surface area contributed by atoms with Gasteiger partial charge in [0.15, 0.2) is 0 Å². The number of aliphatic hydroxyl groups is 1. The second-order valence-corrected chi connectivity index (χ2v) is 5.21. The van der Waals surface area contributed by atoms with Gasteiger partial charge in [-0.15, -0.1) is 6.58 Å². The lowest BCUT2D eigenvalue weighted by Crippen LogP contribution is -2.04. The van der Waals surface area contributed by atoms with Crippen LogP contribution in [0.1, 0.15) is 12.0 Å². The summed E-state index contributed by atoms with van der Waals surface area (Å²) in [6.07, 6.45) is 2.79. The van der Waals surface area contributed by atoms with Crippen molar-refractivity contribution in [3.63, 3.8) is 0 Å². The molecule has 0 aliphatic heterocycles. The zero-order valence-corrected chi connectivity index (χ0v) is 12.0. The Labute approximate surface area is 115 Å². The first kappa shape index (κ1) is 12.6. The number of aryl methyl sites for hydroxylation is 2. The average molecular weight is 341 g/mol. The van der Waals surface area contributed by atoms with E-state index in [4.69, 9.17) is 0 Å². The predicted molar refractivity (Wildman–Crippen MR) is 80.2 cm³/mol. The molecular weight excluding hydrogens is 325 g/mol. The molecule has 1 N–H and O–H groups in total. The molecule has 17 heavy (non-hydrogen) atoms. The number of nitrogens with zero attached hydrogens (tertiary/aromatic N) is 1. The highest BCUT2D eigenvalue weighted by molar-refractivity contribution is 14.1. The summed E-state index contributed by atoms with van der Waals surface area (Å²) in [6, 6.07) is 8.39. The standard InChI is InChI=1S/C14H16INO/c1-3-10(17)8-9-12-11-6-4-5-7-13(11)16(2)14(12)15/h3-7,10,17H,1,8-9H2,2H3. The molecule has 0 aliphatic carbocycles. The molecule has 0 saturated heterocycles. The zero-order valence-electron chi connectivity index (χ0n) is 9.86. The maximum absolute atomic E-state index is 9.56. The molecular formula is C14H16INO. The minimum Gasteiger partial charge on any atom is -0.389 e. The summed E-state index contributed by atoms with van der Waals surface area (Å²) in [5.41, 5.74) is 2.57. The van der Waals surface area contributed by atoms with Crippen molar-refractivity contribution in [1.82, 2.24) is 4.57 Å². The van der Waals surface area contributed by atoms with Gasteiger partial charge in [0.2, 0.25) is 0 Å². The molecule has 90 valence electrons. The SMILES string of the molecule is C=CC(O)CCc1c(I)n(C)c2ccccc12. The quantitative estimate of drug-likeness (QED) is 0.670. The molecule has 0 fully saturated rings. The Morgan fingerprint density at radius 1 is 1.47 bits per heavy atom. The molecule has 1 aromatic carbocycles. The third kappa shape index (κ3) is 2.40. The van der Waals surface area contributed by atoms with E-state index in [-0.39, 0.29) is 0 Å². The Bertz CT molecular complexity index is 544. The van der Waals surface area contributed by atoms with Crippen LogP contribution in [0.3, 0.4) is 0 Å². The number of aromatic nitrogens is 1. The van der Waals surface area contributed by atoms with E-state index >= 15 is 0 Å². The molecule has 2 nitrogen and oxygen atoms in total. The largest absolute Gasteiger partial charge is 0.389 e. The van der Waals surface area contributed by atoms with Crippen LogP contribution in [0.25, 0.3) is 10.9 Å². The summed E-state index contributed by atoms with van der Waals surface area (Å²) in [5.74, 6) is 0. The molecule has 0 bridgehead atoms. The van der Waals surface area contributed by atoms with Gasteiger partial charge >= 0.3 is 0 Å². The normalized spacial score (nSPS) is 12.9. The number of aliphatic hydroxyl groups excluding tert-OH is 1. The number of para-hydroxylation sites is 1. The molecule has 1 atom stereocenters. The van der Waals surface area contributed by atoms with Gasteiger partial charge in [0, 0.05) is 18.0 Å². The molecule has 1 aromatic heterocycles. The van der Waals surface area contributed by atoms with Gasteiger partial charge in [-0.3, -0.25) is 0 Å². The number of fused-ring (bicyclic) bond motifs is 1. The molecule has 2 aromatic rings. The van der Waals surface area contributed by atoms with Gasteiger partial charge in [-0.05, 0) is 47.1 Å². The van der Waals surface area contributed by atoms with E-state index in [0.717, 1.165) is 12.8 Å². The van der Waals surface area contributed by atoms with Gasteiger partial charge in [-0.1, -0.05) is 24.3 Å². The maximum Gasteiger partial charge on any atom is 0.0839 e. The Morgan fingerprint density at radius 3 is 2.88 bits per heavy atom. The minimum atomic E-state index is -0.412. The highest BCUT2D eigenvalue weighted by atomic mass is 127. The summed E-state index contributed by atoms with van der Waals surface area (Å²) in [6.45, 7) is 3.61. The van der Waals surface area contributed by atoms with Crippen molar-refractivity contribution in [2.75, 3.05) is 0 Å². The lowest BCUT2D eigenvalue weighted by molar-refractivity contribution is 0.213. The maximum atomic E-state index is 9.56. The van der Waals surface area contributed by atoms with Crippen LogP contribution in [0.2, 0.25) is 0 Å². The second-order valence-electron chi connectivity index (χ2n) is 4.19. The number of halogens is 1. The smallest absolute Gasteiger partial charge is 0.0839 e. The average Bonchev–Trinajstić information content (AvgIpc) is 2.60. The number of hydrogen-bond acceptors (Lipinski definition) is 1. The first-order chi connectivity index (χ1) is 8.15. The summed E-state index contributed by atoms with van der Waals surface area (Å²) < 4.78 is 3.45. The van der Waals surface area contributed by atoms with E-state index in [1.54, 1.807) is 6.08 Å². The number of benzene rings is 1. The van der Waals surface area contributed by atoms with Crippen LogP contribution in [0.5, 0.6) is 0 Å². The summed E-state index contributed by atoms with van der Waals surface area (Å²) in [5, 5.41) is 10.8. The van der Waals surface area contributed by atoms with Gasteiger partial charge in [0.05, 0.1) is 9.80 Å². The van der Waals surface area contributed by atoms with Crippen LogP contribution in [-0.2, 0) is 13.5 Å². The molecule has 0 amide bonds. The van der Waals surface area contributed by atoms with Crippen molar-refractivity contribution in [1.29, 1.82) is 0 Å². The van der Waals surface area contributed by atoms with Crippen molar-refractivity contribution in [2.45, 2.75) is 18.9 Å². The van der Waals surface area contributed by atoms with Crippen LogP contribution in [0.4, 0.5) is 0 Å². The molecule has 0 spiro atoms. The van der Waals surface area contributed by atoms with E-state index in [1.807, 2.05) is 0 Å². The monoisotopic (exact) mass is 341 g/mol. The van der Waals surface area contributed by atoms with E-state index in [2.05, 4.69) is 65.1 Å². The molecule has 0 radical (unpaired) electrons. The molecule has 1 heterocycles. The Morgan fingerprint density at radius 2 is 2.18 bits per heavy atom. The summed E-state index contributed by atoms with van der Waals surface area (Å²) in [7, 11) is 2.08. The fraction of sp³-hybridized carbons (Fsp3) is 0.286. The highest BCUT2D eigenvalue weighted by Gasteiger charge is 2.13. The Balaban J connectivity index is 2.39. The number of rotatable bonds is 4. The van der Waals surface area contributed by atoms with E-state index < -0.39 is 6.10 Å².